The molecule has 3 heterocycles. The van der Waals surface area contributed by atoms with Crippen molar-refractivity contribution < 1.29 is 4.42 Å². The highest BCUT2D eigenvalue weighted by Gasteiger charge is 2.18. The van der Waals surface area contributed by atoms with E-state index in [2.05, 4.69) is 168 Å². The topological polar surface area (TPSA) is 18.1 Å². The van der Waals surface area contributed by atoms with Gasteiger partial charge in [0.25, 0.3) is 0 Å². The van der Waals surface area contributed by atoms with Gasteiger partial charge >= 0.3 is 0 Å². The third-order valence-corrected chi connectivity index (χ3v) is 11.4. The summed E-state index contributed by atoms with van der Waals surface area (Å²) < 4.78 is 11.5. The van der Waals surface area contributed by atoms with Crippen LogP contribution in [0, 0.1) is 0 Å². The van der Waals surface area contributed by atoms with Gasteiger partial charge in [-0.3, -0.25) is 0 Å². The second-order valence-electron chi connectivity index (χ2n) is 12.9. The molecule has 0 amide bonds. The molecule has 0 bridgehead atoms. The Kier molecular flexibility index (Phi) is 5.57. The molecule has 0 saturated heterocycles. The Morgan fingerprint density at radius 2 is 1.12 bits per heavy atom. The van der Waals surface area contributed by atoms with E-state index in [0.717, 1.165) is 27.6 Å². The Morgan fingerprint density at radius 3 is 2.04 bits per heavy atom. The highest BCUT2D eigenvalue weighted by atomic mass is 32.1. The highest BCUT2D eigenvalue weighted by Crippen LogP contribution is 2.43. The van der Waals surface area contributed by atoms with Gasteiger partial charge in [0.2, 0.25) is 0 Å². The number of rotatable bonds is 3. The van der Waals surface area contributed by atoms with Crippen LogP contribution in [0.3, 0.4) is 0 Å². The zero-order valence-electron chi connectivity index (χ0n) is 26.4. The fourth-order valence-corrected chi connectivity index (χ4v) is 9.01. The van der Waals surface area contributed by atoms with Gasteiger partial charge in [-0.2, -0.15) is 0 Å². The Balaban J connectivity index is 1.06. The molecule has 0 aliphatic rings. The van der Waals surface area contributed by atoms with Crippen LogP contribution in [0.4, 0.5) is 0 Å². The average molecular weight is 642 g/mol. The van der Waals surface area contributed by atoms with E-state index in [1.807, 2.05) is 11.3 Å². The fraction of sp³-hybridized carbons (Fsp3) is 0. The van der Waals surface area contributed by atoms with E-state index >= 15 is 0 Å². The van der Waals surface area contributed by atoms with Gasteiger partial charge in [0.1, 0.15) is 5.58 Å². The second kappa shape index (κ2) is 10.2. The number of hydrogen-bond acceptors (Lipinski definition) is 2. The Bertz CT molecular complexity index is 3120. The zero-order chi connectivity index (χ0) is 32.1. The van der Waals surface area contributed by atoms with Crippen molar-refractivity contribution in [1.82, 2.24) is 4.57 Å². The lowest BCUT2D eigenvalue weighted by Crippen LogP contribution is -1.93. The van der Waals surface area contributed by atoms with Crippen molar-refractivity contribution in [2.45, 2.75) is 0 Å². The van der Waals surface area contributed by atoms with Crippen molar-refractivity contribution in [1.29, 1.82) is 0 Å². The molecule has 49 heavy (non-hydrogen) atoms. The summed E-state index contributed by atoms with van der Waals surface area (Å²) in [6.07, 6.45) is 0. The molecular formula is C46H27NOS. The zero-order valence-corrected chi connectivity index (χ0v) is 27.2. The van der Waals surface area contributed by atoms with Crippen LogP contribution in [0.2, 0.25) is 0 Å². The van der Waals surface area contributed by atoms with Crippen molar-refractivity contribution in [3.05, 3.63) is 164 Å². The van der Waals surface area contributed by atoms with Crippen LogP contribution in [0.1, 0.15) is 0 Å². The summed E-state index contributed by atoms with van der Waals surface area (Å²) >= 11 is 1.81. The first-order valence-corrected chi connectivity index (χ1v) is 17.5. The maximum Gasteiger partial charge on any atom is 0.153 e. The smallest absolute Gasteiger partial charge is 0.153 e. The SMILES string of the molecule is c1cc(-c2ccc3ccccc3c2)cc(-c2ccc3c(c2)c2ccccc2n3-c2ccc3oc4c(ccc5c6ccccc6sc54)c3c2)c1. The van der Waals surface area contributed by atoms with Gasteiger partial charge in [0.15, 0.2) is 5.58 Å². The molecule has 11 rings (SSSR count). The molecule has 0 N–H and O–H groups in total. The standard InChI is InChI=1S/C46H27NOS/c1-2-9-29-24-32(17-16-28(29)8-1)30-10-7-11-31(25-30)33-18-22-42-39(26-33)35-12-3-5-14-41(35)47(42)34-19-23-43-40(27-34)37-20-21-38-36-13-4-6-15-44(36)49-46(38)45(37)48-43/h1-27H. The van der Waals surface area contributed by atoms with E-state index in [-0.39, 0.29) is 0 Å². The number of nitrogens with zero attached hydrogens (tertiary/aromatic N) is 1. The lowest BCUT2D eigenvalue weighted by atomic mass is 9.96. The van der Waals surface area contributed by atoms with Gasteiger partial charge in [-0.1, -0.05) is 103 Å². The fourth-order valence-electron chi connectivity index (χ4n) is 7.82. The van der Waals surface area contributed by atoms with Crippen LogP contribution < -0.4 is 0 Å². The summed E-state index contributed by atoms with van der Waals surface area (Å²) in [5.41, 5.74) is 10.3. The molecule has 0 atom stereocenters. The molecule has 0 radical (unpaired) electrons. The number of para-hydroxylation sites is 1. The summed E-state index contributed by atoms with van der Waals surface area (Å²) in [7, 11) is 0. The monoisotopic (exact) mass is 641 g/mol. The Labute approximate surface area is 285 Å². The van der Waals surface area contributed by atoms with Crippen LogP contribution in [-0.4, -0.2) is 4.57 Å². The van der Waals surface area contributed by atoms with Crippen LogP contribution in [0.15, 0.2) is 168 Å². The predicted octanol–water partition coefficient (Wildman–Crippen LogP) is 13.5. The van der Waals surface area contributed by atoms with Crippen LogP contribution >= 0.6 is 11.3 Å². The van der Waals surface area contributed by atoms with E-state index in [9.17, 15) is 0 Å². The number of thiophene rings is 1. The van der Waals surface area contributed by atoms with E-state index in [1.54, 1.807) is 0 Å². The molecule has 2 nitrogen and oxygen atoms in total. The highest BCUT2D eigenvalue weighted by molar-refractivity contribution is 7.26. The van der Waals surface area contributed by atoms with Crippen molar-refractivity contribution in [3.8, 4) is 27.9 Å². The number of aromatic nitrogens is 1. The van der Waals surface area contributed by atoms with Crippen LogP contribution in [0.5, 0.6) is 0 Å². The summed E-state index contributed by atoms with van der Waals surface area (Å²) in [5, 5.41) is 9.85. The summed E-state index contributed by atoms with van der Waals surface area (Å²) in [4.78, 5) is 0. The van der Waals surface area contributed by atoms with Crippen molar-refractivity contribution in [3.63, 3.8) is 0 Å². The predicted molar refractivity (Wildman–Crippen MR) is 209 cm³/mol. The van der Waals surface area contributed by atoms with E-state index < -0.39 is 0 Å². The average Bonchev–Trinajstić information content (AvgIpc) is 3.84. The van der Waals surface area contributed by atoms with E-state index in [1.165, 1.54) is 75.0 Å². The Morgan fingerprint density at radius 1 is 0.408 bits per heavy atom. The van der Waals surface area contributed by atoms with E-state index in [0.29, 0.717) is 0 Å². The molecule has 11 aromatic rings. The number of hydrogen-bond donors (Lipinski definition) is 0. The van der Waals surface area contributed by atoms with Crippen molar-refractivity contribution in [2.24, 2.45) is 0 Å². The minimum atomic E-state index is 0.915. The molecule has 3 heteroatoms. The molecule has 0 saturated carbocycles. The third kappa shape index (κ3) is 4.00. The second-order valence-corrected chi connectivity index (χ2v) is 14.0. The minimum Gasteiger partial charge on any atom is -0.455 e. The lowest BCUT2D eigenvalue weighted by molar-refractivity contribution is 0.673. The molecule has 0 fully saturated rings. The quantitative estimate of drug-likeness (QED) is 0.188. The summed E-state index contributed by atoms with van der Waals surface area (Å²) in [5.74, 6) is 0. The maximum atomic E-state index is 6.57. The van der Waals surface area contributed by atoms with Gasteiger partial charge in [-0.25, -0.2) is 0 Å². The number of fused-ring (bicyclic) bond motifs is 11. The first-order valence-electron chi connectivity index (χ1n) is 16.7. The molecule has 0 spiro atoms. The van der Waals surface area contributed by atoms with Gasteiger partial charge in [-0.05, 0) is 93.7 Å². The Hall–Kier alpha value is -6.16. The summed E-state index contributed by atoms with van der Waals surface area (Å²) in [6.45, 7) is 0. The van der Waals surface area contributed by atoms with Gasteiger partial charge in [-0.15, -0.1) is 11.3 Å². The van der Waals surface area contributed by atoms with Gasteiger partial charge < -0.3 is 8.98 Å². The maximum absolute atomic E-state index is 6.57. The van der Waals surface area contributed by atoms with E-state index in [4.69, 9.17) is 4.42 Å². The normalized spacial score (nSPS) is 12.1. The van der Waals surface area contributed by atoms with Gasteiger partial charge in [0, 0.05) is 42.7 Å². The van der Waals surface area contributed by atoms with Crippen molar-refractivity contribution >= 4 is 86.0 Å². The lowest BCUT2D eigenvalue weighted by Gasteiger charge is -2.10. The molecule has 0 aliphatic heterocycles. The largest absolute Gasteiger partial charge is 0.455 e. The first kappa shape index (κ1) is 26.9. The number of benzene rings is 8. The molecule has 3 aromatic heterocycles. The third-order valence-electron chi connectivity index (χ3n) is 10.2. The molecular weight excluding hydrogens is 615 g/mol. The summed E-state index contributed by atoms with van der Waals surface area (Å²) in [6, 6.07) is 59.6. The first-order chi connectivity index (χ1) is 24.3. The van der Waals surface area contributed by atoms with Crippen LogP contribution in [0.25, 0.3) is 103 Å². The minimum absolute atomic E-state index is 0.915. The number of furan rings is 1. The molecule has 0 unspecified atom stereocenters. The molecule has 228 valence electrons. The van der Waals surface area contributed by atoms with Crippen molar-refractivity contribution in [2.75, 3.05) is 0 Å². The molecule has 0 aliphatic carbocycles. The van der Waals surface area contributed by atoms with Gasteiger partial charge in [0.05, 0.1) is 15.7 Å². The molecule has 8 aromatic carbocycles. The van der Waals surface area contributed by atoms with Crippen LogP contribution in [-0.2, 0) is 0 Å².